The summed E-state index contributed by atoms with van der Waals surface area (Å²) in [5.74, 6) is -0.698. The van der Waals surface area contributed by atoms with Gasteiger partial charge < -0.3 is 9.47 Å². The molecule has 0 heterocycles. The van der Waals surface area contributed by atoms with Gasteiger partial charge in [-0.25, -0.2) is 4.79 Å². The molecule has 0 bridgehead atoms. The Hall–Kier alpha value is -1.32. The maximum atomic E-state index is 11.4. The molecule has 18 heavy (non-hydrogen) atoms. The van der Waals surface area contributed by atoms with Gasteiger partial charge in [0.1, 0.15) is 0 Å². The topological polar surface area (TPSA) is 52.6 Å². The lowest BCUT2D eigenvalue weighted by molar-refractivity contribution is -0.143. The fourth-order valence-corrected chi connectivity index (χ4v) is 1.17. The van der Waals surface area contributed by atoms with Crippen LogP contribution < -0.4 is 0 Å². The first-order valence-corrected chi connectivity index (χ1v) is 6.62. The summed E-state index contributed by atoms with van der Waals surface area (Å²) in [6.07, 6.45) is 4.17. The van der Waals surface area contributed by atoms with Crippen molar-refractivity contribution in [2.45, 2.75) is 52.4 Å². The van der Waals surface area contributed by atoms with Gasteiger partial charge in [0.15, 0.2) is 0 Å². The zero-order chi connectivity index (χ0) is 13.8. The first-order chi connectivity index (χ1) is 8.61. The van der Waals surface area contributed by atoms with Gasteiger partial charge in [-0.05, 0) is 19.3 Å². The minimum absolute atomic E-state index is 0.186. The highest BCUT2D eigenvalue weighted by molar-refractivity contribution is 5.88. The predicted molar refractivity (Wildman–Crippen MR) is 70.1 cm³/mol. The number of carbonyl (C=O) groups excluding carboxylic acids is 2. The Labute approximate surface area is 109 Å². The molecule has 4 nitrogen and oxygen atoms in total. The number of hydrogen-bond donors (Lipinski definition) is 0. The third-order valence-corrected chi connectivity index (χ3v) is 2.41. The minimum atomic E-state index is -0.412. The van der Waals surface area contributed by atoms with Crippen LogP contribution in [0.3, 0.4) is 0 Å². The van der Waals surface area contributed by atoms with Gasteiger partial charge in [-0.3, -0.25) is 4.79 Å². The van der Waals surface area contributed by atoms with Crippen LogP contribution >= 0.6 is 0 Å². The van der Waals surface area contributed by atoms with E-state index in [0.29, 0.717) is 25.2 Å². The molecule has 0 aliphatic rings. The lowest BCUT2D eigenvalue weighted by Crippen LogP contribution is -2.11. The summed E-state index contributed by atoms with van der Waals surface area (Å²) in [6.45, 7) is 8.53. The minimum Gasteiger partial charge on any atom is -0.466 e. The summed E-state index contributed by atoms with van der Waals surface area (Å²) in [7, 11) is 0. The molecule has 0 aromatic carbocycles. The van der Waals surface area contributed by atoms with E-state index in [1.807, 2.05) is 13.8 Å². The number of carbonyl (C=O) groups is 2. The Morgan fingerprint density at radius 3 is 2.06 bits per heavy atom. The largest absolute Gasteiger partial charge is 0.466 e. The highest BCUT2D eigenvalue weighted by atomic mass is 16.5. The van der Waals surface area contributed by atoms with Crippen molar-refractivity contribution >= 4 is 11.9 Å². The molecule has 4 heteroatoms. The third-order valence-electron chi connectivity index (χ3n) is 2.41. The number of rotatable bonds is 10. The average Bonchev–Trinajstić information content (AvgIpc) is 2.36. The van der Waals surface area contributed by atoms with Crippen molar-refractivity contribution in [3.8, 4) is 0 Å². The first-order valence-electron chi connectivity index (χ1n) is 6.62. The number of ether oxygens (including phenoxy) is 2. The molecule has 0 spiro atoms. The van der Waals surface area contributed by atoms with Crippen LogP contribution in [0.5, 0.6) is 0 Å². The molecule has 0 aromatic rings. The zero-order valence-electron chi connectivity index (χ0n) is 11.5. The Bertz CT molecular complexity index is 271. The van der Waals surface area contributed by atoms with Crippen molar-refractivity contribution in [1.82, 2.24) is 0 Å². The van der Waals surface area contributed by atoms with Crippen LogP contribution in [0, 0.1) is 0 Å². The molecule has 0 rings (SSSR count). The van der Waals surface area contributed by atoms with Crippen molar-refractivity contribution < 1.29 is 19.1 Å². The van der Waals surface area contributed by atoms with E-state index in [-0.39, 0.29) is 12.4 Å². The lowest BCUT2D eigenvalue weighted by atomic mass is 10.1. The van der Waals surface area contributed by atoms with Gasteiger partial charge in [0, 0.05) is 12.0 Å². The number of unbranched alkanes of at least 4 members (excludes halogenated alkanes) is 2. The molecule has 0 saturated carbocycles. The van der Waals surface area contributed by atoms with Crippen molar-refractivity contribution in [1.29, 1.82) is 0 Å². The summed E-state index contributed by atoms with van der Waals surface area (Å²) in [4.78, 5) is 22.7. The second-order valence-electron chi connectivity index (χ2n) is 4.17. The smallest absolute Gasteiger partial charge is 0.333 e. The Morgan fingerprint density at radius 2 is 1.50 bits per heavy atom. The van der Waals surface area contributed by atoms with Gasteiger partial charge in [0.25, 0.3) is 0 Å². The van der Waals surface area contributed by atoms with Crippen molar-refractivity contribution in [2.75, 3.05) is 13.2 Å². The normalized spacial score (nSPS) is 9.89. The zero-order valence-corrected chi connectivity index (χ0v) is 11.5. The predicted octanol–water partition coefficient (Wildman–Crippen LogP) is 3.01. The Balaban J connectivity index is 3.68. The van der Waals surface area contributed by atoms with Crippen molar-refractivity contribution in [2.24, 2.45) is 0 Å². The van der Waals surface area contributed by atoms with Crippen LogP contribution in [-0.2, 0) is 19.1 Å². The molecule has 0 amide bonds. The lowest BCUT2D eigenvalue weighted by Gasteiger charge is -2.07. The summed E-state index contributed by atoms with van der Waals surface area (Å²) in [6, 6.07) is 0. The van der Waals surface area contributed by atoms with E-state index in [9.17, 15) is 9.59 Å². The van der Waals surface area contributed by atoms with Crippen LogP contribution in [-0.4, -0.2) is 25.2 Å². The third kappa shape index (κ3) is 8.79. The molecular weight excluding hydrogens is 232 g/mol. The molecule has 0 saturated heterocycles. The standard InChI is InChI=1S/C14H24O4/c1-4-6-10-17-13(15)9-8-12(3)14(16)18-11-7-5-2/h3-11H2,1-2H3. The van der Waals surface area contributed by atoms with E-state index in [1.165, 1.54) is 0 Å². The molecule has 0 aliphatic carbocycles. The Kier molecular flexibility index (Phi) is 10.0. The Morgan fingerprint density at radius 1 is 0.944 bits per heavy atom. The molecule has 0 aromatic heterocycles. The first kappa shape index (κ1) is 16.7. The fourth-order valence-electron chi connectivity index (χ4n) is 1.17. The molecule has 0 radical (unpaired) electrons. The van der Waals surface area contributed by atoms with Crippen LogP contribution in [0.2, 0.25) is 0 Å². The highest BCUT2D eigenvalue weighted by Gasteiger charge is 2.11. The van der Waals surface area contributed by atoms with Gasteiger partial charge in [-0.1, -0.05) is 33.3 Å². The van der Waals surface area contributed by atoms with Crippen molar-refractivity contribution in [3.63, 3.8) is 0 Å². The fraction of sp³-hybridized carbons (Fsp3) is 0.714. The van der Waals surface area contributed by atoms with Crippen molar-refractivity contribution in [3.05, 3.63) is 12.2 Å². The van der Waals surface area contributed by atoms with Gasteiger partial charge in [-0.15, -0.1) is 0 Å². The van der Waals surface area contributed by atoms with Crippen LogP contribution in [0.25, 0.3) is 0 Å². The quantitative estimate of drug-likeness (QED) is 0.342. The van der Waals surface area contributed by atoms with Crippen LogP contribution in [0.4, 0.5) is 0 Å². The molecule has 0 unspecified atom stereocenters. The summed E-state index contributed by atoms with van der Waals surface area (Å²) < 4.78 is 9.96. The molecule has 104 valence electrons. The number of esters is 2. The van der Waals surface area contributed by atoms with E-state index < -0.39 is 5.97 Å². The van der Waals surface area contributed by atoms with Gasteiger partial charge in [0.2, 0.25) is 0 Å². The summed E-state index contributed by atoms with van der Waals surface area (Å²) in [5, 5.41) is 0. The summed E-state index contributed by atoms with van der Waals surface area (Å²) in [5.41, 5.74) is 0.332. The maximum Gasteiger partial charge on any atom is 0.333 e. The van der Waals surface area contributed by atoms with Gasteiger partial charge in [0.05, 0.1) is 13.2 Å². The van der Waals surface area contributed by atoms with E-state index in [2.05, 4.69) is 6.58 Å². The molecule has 0 atom stereocenters. The van der Waals surface area contributed by atoms with Crippen LogP contribution in [0.1, 0.15) is 52.4 Å². The second-order valence-corrected chi connectivity index (χ2v) is 4.17. The van der Waals surface area contributed by atoms with E-state index in [1.54, 1.807) is 0 Å². The van der Waals surface area contributed by atoms with E-state index in [0.717, 1.165) is 25.7 Å². The van der Waals surface area contributed by atoms with Gasteiger partial charge in [-0.2, -0.15) is 0 Å². The highest BCUT2D eigenvalue weighted by Crippen LogP contribution is 2.07. The van der Waals surface area contributed by atoms with E-state index in [4.69, 9.17) is 9.47 Å². The second kappa shape index (κ2) is 10.8. The molecular formula is C14H24O4. The van der Waals surface area contributed by atoms with Gasteiger partial charge >= 0.3 is 11.9 Å². The molecule has 0 aliphatic heterocycles. The molecule has 0 N–H and O–H groups in total. The SMILES string of the molecule is C=C(CCC(=O)OCCCC)C(=O)OCCCC. The monoisotopic (exact) mass is 256 g/mol. The molecule has 0 fully saturated rings. The van der Waals surface area contributed by atoms with E-state index >= 15 is 0 Å². The number of hydrogen-bond acceptors (Lipinski definition) is 4. The summed E-state index contributed by atoms with van der Waals surface area (Å²) >= 11 is 0. The maximum absolute atomic E-state index is 11.4. The average molecular weight is 256 g/mol. The van der Waals surface area contributed by atoms with Crippen LogP contribution in [0.15, 0.2) is 12.2 Å².